The molecule has 1 saturated heterocycles. The summed E-state index contributed by atoms with van der Waals surface area (Å²) in [5.41, 5.74) is 0.0813. The Bertz CT molecular complexity index is 444. The van der Waals surface area contributed by atoms with E-state index in [0.717, 1.165) is 0 Å². The lowest BCUT2D eigenvalue weighted by atomic mass is 9.98. The first-order valence-electron chi connectivity index (χ1n) is 6.18. The molecule has 1 N–H and O–H groups in total. The molecule has 20 heavy (non-hydrogen) atoms. The molecule has 0 saturated carbocycles. The van der Waals surface area contributed by atoms with Crippen molar-refractivity contribution in [1.29, 1.82) is 0 Å². The lowest BCUT2D eigenvalue weighted by Gasteiger charge is -2.36. The maximum absolute atomic E-state index is 13.5. The molecular formula is C13H17ClF4N2. The largest absolute Gasteiger partial charge is 0.408 e. The Hall–Kier alpha value is -0.850. The zero-order valence-corrected chi connectivity index (χ0v) is 11.8. The molecule has 114 valence electrons. The van der Waals surface area contributed by atoms with Crippen LogP contribution in [0.2, 0.25) is 0 Å². The summed E-state index contributed by atoms with van der Waals surface area (Å²) < 4.78 is 53.4. The second-order valence-corrected chi connectivity index (χ2v) is 4.68. The van der Waals surface area contributed by atoms with E-state index in [-0.39, 0.29) is 23.5 Å². The Morgan fingerprint density at radius 3 is 2.35 bits per heavy atom. The number of hydrogen-bond donors (Lipinski definition) is 1. The minimum absolute atomic E-state index is 0. The quantitative estimate of drug-likeness (QED) is 0.844. The number of benzene rings is 1. The van der Waals surface area contributed by atoms with E-state index in [1.165, 1.54) is 30.0 Å². The first-order chi connectivity index (χ1) is 8.91. The summed E-state index contributed by atoms with van der Waals surface area (Å²) in [6, 6.07) is 2.15. The van der Waals surface area contributed by atoms with E-state index >= 15 is 0 Å². The summed E-state index contributed by atoms with van der Waals surface area (Å²) in [6.07, 6.45) is -4.41. The molecule has 0 bridgehead atoms. The summed E-state index contributed by atoms with van der Waals surface area (Å²) in [5, 5.41) is 3.02. The standard InChI is InChI=1S/C13H16F4N2.ClH/c1-9-10(3-2-4-11(9)14)12(13(15,16)17)19-7-5-18-6-8-19;/h2-4,12,18H,5-8H2,1H3;1H/t12-;/m0./s1. The number of hydrogen-bond acceptors (Lipinski definition) is 2. The Morgan fingerprint density at radius 1 is 1.20 bits per heavy atom. The molecule has 0 unspecified atom stereocenters. The monoisotopic (exact) mass is 312 g/mol. The van der Waals surface area contributed by atoms with Gasteiger partial charge in [0.1, 0.15) is 11.9 Å². The zero-order chi connectivity index (χ0) is 14.0. The Morgan fingerprint density at radius 2 is 1.80 bits per heavy atom. The summed E-state index contributed by atoms with van der Waals surface area (Å²) in [4.78, 5) is 1.36. The molecule has 1 aromatic rings. The Kier molecular flexibility index (Phi) is 5.79. The number of rotatable bonds is 2. The van der Waals surface area contributed by atoms with Gasteiger partial charge in [-0.1, -0.05) is 12.1 Å². The fourth-order valence-electron chi connectivity index (χ4n) is 2.44. The van der Waals surface area contributed by atoms with E-state index < -0.39 is 18.0 Å². The van der Waals surface area contributed by atoms with Crippen LogP contribution in [-0.4, -0.2) is 37.3 Å². The van der Waals surface area contributed by atoms with Crippen LogP contribution in [0.15, 0.2) is 18.2 Å². The predicted octanol–water partition coefficient (Wildman–Crippen LogP) is 3.06. The van der Waals surface area contributed by atoms with E-state index in [1.54, 1.807) is 0 Å². The first-order valence-corrected chi connectivity index (χ1v) is 6.18. The molecule has 0 spiro atoms. The summed E-state index contributed by atoms with van der Waals surface area (Å²) in [5.74, 6) is -0.595. The average molecular weight is 313 g/mol. The predicted molar refractivity (Wildman–Crippen MR) is 71.6 cm³/mol. The van der Waals surface area contributed by atoms with Gasteiger partial charge in [-0.3, -0.25) is 4.90 Å². The maximum atomic E-state index is 13.5. The van der Waals surface area contributed by atoms with Crippen molar-refractivity contribution < 1.29 is 17.6 Å². The maximum Gasteiger partial charge on any atom is 0.408 e. The van der Waals surface area contributed by atoms with Gasteiger partial charge in [-0.25, -0.2) is 4.39 Å². The second-order valence-electron chi connectivity index (χ2n) is 4.68. The van der Waals surface area contributed by atoms with E-state index in [0.29, 0.717) is 26.2 Å². The minimum atomic E-state index is -4.41. The number of halogens is 5. The van der Waals surface area contributed by atoms with Crippen LogP contribution in [-0.2, 0) is 0 Å². The fourth-order valence-corrected chi connectivity index (χ4v) is 2.44. The van der Waals surface area contributed by atoms with Gasteiger partial charge < -0.3 is 5.32 Å². The van der Waals surface area contributed by atoms with Crippen molar-refractivity contribution in [2.45, 2.75) is 19.1 Å². The van der Waals surface area contributed by atoms with Gasteiger partial charge in [-0.2, -0.15) is 13.2 Å². The molecule has 1 atom stereocenters. The first kappa shape index (κ1) is 17.2. The third kappa shape index (κ3) is 3.62. The molecule has 1 fully saturated rings. The molecule has 1 heterocycles. The van der Waals surface area contributed by atoms with E-state index in [1.807, 2.05) is 0 Å². The van der Waals surface area contributed by atoms with E-state index in [9.17, 15) is 17.6 Å². The SMILES string of the molecule is Cc1c(F)cccc1[C@H](N1CCNCC1)C(F)(F)F.Cl. The highest BCUT2D eigenvalue weighted by atomic mass is 35.5. The third-order valence-corrected chi connectivity index (χ3v) is 3.43. The molecule has 2 rings (SSSR count). The van der Waals surface area contributed by atoms with Gasteiger partial charge >= 0.3 is 6.18 Å². The molecular weight excluding hydrogens is 296 g/mol. The number of nitrogens with zero attached hydrogens (tertiary/aromatic N) is 1. The average Bonchev–Trinajstić information content (AvgIpc) is 2.35. The molecule has 0 radical (unpaired) electrons. The van der Waals surface area contributed by atoms with E-state index in [2.05, 4.69) is 5.32 Å². The highest BCUT2D eigenvalue weighted by Gasteiger charge is 2.45. The van der Waals surface area contributed by atoms with Crippen molar-refractivity contribution in [2.75, 3.05) is 26.2 Å². The molecule has 0 aromatic heterocycles. The number of alkyl halides is 3. The van der Waals surface area contributed by atoms with Crippen LogP contribution in [0.1, 0.15) is 17.2 Å². The van der Waals surface area contributed by atoms with Crippen LogP contribution in [0.3, 0.4) is 0 Å². The van der Waals surface area contributed by atoms with Crippen molar-refractivity contribution >= 4 is 12.4 Å². The highest BCUT2D eigenvalue weighted by Crippen LogP contribution is 2.39. The Balaban J connectivity index is 0.00000200. The van der Waals surface area contributed by atoms with Crippen molar-refractivity contribution in [1.82, 2.24) is 10.2 Å². The lowest BCUT2D eigenvalue weighted by Crippen LogP contribution is -2.49. The smallest absolute Gasteiger partial charge is 0.314 e. The van der Waals surface area contributed by atoms with Gasteiger partial charge in [-0.15, -0.1) is 12.4 Å². The summed E-state index contributed by atoms with van der Waals surface area (Å²) >= 11 is 0. The van der Waals surface area contributed by atoms with Gasteiger partial charge in [0.2, 0.25) is 0 Å². The van der Waals surface area contributed by atoms with Crippen molar-refractivity contribution in [3.63, 3.8) is 0 Å². The zero-order valence-electron chi connectivity index (χ0n) is 11.0. The van der Waals surface area contributed by atoms with Gasteiger partial charge in [0.25, 0.3) is 0 Å². The normalized spacial score (nSPS) is 18.4. The van der Waals surface area contributed by atoms with Gasteiger partial charge in [0.05, 0.1) is 0 Å². The molecule has 0 aliphatic carbocycles. The van der Waals surface area contributed by atoms with Gasteiger partial charge in [0.15, 0.2) is 0 Å². The third-order valence-electron chi connectivity index (χ3n) is 3.43. The van der Waals surface area contributed by atoms with Gasteiger partial charge in [0, 0.05) is 26.2 Å². The van der Waals surface area contributed by atoms with Crippen LogP contribution in [0.4, 0.5) is 17.6 Å². The fraction of sp³-hybridized carbons (Fsp3) is 0.538. The number of nitrogens with one attached hydrogen (secondary N) is 1. The Labute approximate surface area is 121 Å². The van der Waals surface area contributed by atoms with Gasteiger partial charge in [-0.05, 0) is 24.1 Å². The van der Waals surface area contributed by atoms with Crippen LogP contribution in [0.25, 0.3) is 0 Å². The van der Waals surface area contributed by atoms with Crippen molar-refractivity contribution in [2.24, 2.45) is 0 Å². The summed E-state index contributed by atoms with van der Waals surface area (Å²) in [7, 11) is 0. The molecule has 2 nitrogen and oxygen atoms in total. The van der Waals surface area contributed by atoms with Crippen LogP contribution in [0.5, 0.6) is 0 Å². The van der Waals surface area contributed by atoms with Crippen molar-refractivity contribution in [3.8, 4) is 0 Å². The summed E-state index contributed by atoms with van der Waals surface area (Å²) in [6.45, 7) is 3.04. The topological polar surface area (TPSA) is 15.3 Å². The second kappa shape index (κ2) is 6.74. The van der Waals surface area contributed by atoms with E-state index in [4.69, 9.17) is 0 Å². The highest BCUT2D eigenvalue weighted by molar-refractivity contribution is 5.85. The molecule has 1 aliphatic heterocycles. The minimum Gasteiger partial charge on any atom is -0.314 e. The van der Waals surface area contributed by atoms with Crippen LogP contribution >= 0.6 is 12.4 Å². The number of piperazine rings is 1. The molecule has 1 aromatic carbocycles. The molecule has 7 heteroatoms. The molecule has 0 amide bonds. The van der Waals surface area contributed by atoms with Crippen molar-refractivity contribution in [3.05, 3.63) is 35.1 Å². The van der Waals surface area contributed by atoms with Crippen LogP contribution < -0.4 is 5.32 Å². The van der Waals surface area contributed by atoms with Crippen LogP contribution in [0, 0.1) is 12.7 Å². The lowest BCUT2D eigenvalue weighted by molar-refractivity contribution is -0.188. The molecule has 1 aliphatic rings.